The first kappa shape index (κ1) is 33.8. The molecule has 2 aliphatic heterocycles. The third-order valence-corrected chi connectivity index (χ3v) is 7.78. The number of benzene rings is 1. The lowest BCUT2D eigenvalue weighted by Gasteiger charge is -2.35. The first-order valence-electron chi connectivity index (χ1n) is 14.8. The smallest absolute Gasteiger partial charge is 0.451 e. The predicted octanol–water partition coefficient (Wildman–Crippen LogP) is 3.55. The molecule has 2 aromatic rings. The molecule has 0 aliphatic carbocycles. The number of carbonyl (C=O) groups excluding carboxylic acids is 4. The molecule has 1 aromatic carbocycles. The zero-order valence-corrected chi connectivity index (χ0v) is 25.7. The quantitative estimate of drug-likeness (QED) is 0.437. The molecule has 5 unspecified atom stereocenters. The molecule has 3 N–H and O–H groups in total. The largest absolute Gasteiger partial charge is 0.522 e. The number of hydrogen-bond acceptors (Lipinski definition) is 8. The molecule has 1 aromatic heterocycles. The molecule has 0 radical (unpaired) electrons. The molecule has 0 spiro atoms. The molecule has 11 nitrogen and oxygen atoms in total. The predicted molar refractivity (Wildman–Crippen MR) is 158 cm³/mol. The van der Waals surface area contributed by atoms with Crippen LogP contribution in [0.3, 0.4) is 0 Å². The van der Waals surface area contributed by atoms with Crippen LogP contribution in [0.4, 0.5) is 13.2 Å². The highest BCUT2D eigenvalue weighted by molar-refractivity contribution is 5.91. The van der Waals surface area contributed by atoms with Gasteiger partial charge in [0.05, 0.1) is 23.9 Å². The fourth-order valence-electron chi connectivity index (χ4n) is 5.04. The van der Waals surface area contributed by atoms with Gasteiger partial charge in [0, 0.05) is 11.9 Å². The summed E-state index contributed by atoms with van der Waals surface area (Å²) in [5.41, 5.74) is 2.62. The van der Waals surface area contributed by atoms with Crippen molar-refractivity contribution in [1.82, 2.24) is 26.1 Å². The van der Waals surface area contributed by atoms with Crippen LogP contribution in [0.15, 0.2) is 36.4 Å². The topological polar surface area (TPSA) is 139 Å². The second kappa shape index (κ2) is 13.5. The van der Waals surface area contributed by atoms with Crippen molar-refractivity contribution in [1.29, 1.82) is 0 Å². The minimum Gasteiger partial charge on any atom is -0.451 e. The molecule has 2 aliphatic rings. The Morgan fingerprint density at radius 3 is 2.44 bits per heavy atom. The molecule has 5 bridgehead atoms. The van der Waals surface area contributed by atoms with Gasteiger partial charge in [-0.25, -0.2) is 5.43 Å². The van der Waals surface area contributed by atoms with E-state index >= 15 is 0 Å². The van der Waals surface area contributed by atoms with E-state index in [0.717, 1.165) is 5.39 Å². The van der Waals surface area contributed by atoms with Gasteiger partial charge in [-0.2, -0.15) is 0 Å². The molecule has 4 rings (SSSR count). The van der Waals surface area contributed by atoms with Crippen molar-refractivity contribution in [3.05, 3.63) is 47.7 Å². The number of aromatic nitrogens is 1. The minimum absolute atomic E-state index is 0.291. The lowest BCUT2D eigenvalue weighted by atomic mass is 9.90. The summed E-state index contributed by atoms with van der Waals surface area (Å²) in [7, 11) is 0. The summed E-state index contributed by atoms with van der Waals surface area (Å²) < 4.78 is 48.9. The minimum atomic E-state index is -5.03. The van der Waals surface area contributed by atoms with Gasteiger partial charge < -0.3 is 15.4 Å². The number of rotatable bonds is 3. The monoisotopic (exact) mass is 633 g/mol. The maximum atomic E-state index is 13.5. The van der Waals surface area contributed by atoms with Gasteiger partial charge in [-0.05, 0) is 57.2 Å². The Labute approximate surface area is 258 Å². The molecular formula is C31H38F3N5O6. The number of hydrogen-bond donors (Lipinski definition) is 3. The van der Waals surface area contributed by atoms with Gasteiger partial charge in [0.15, 0.2) is 6.10 Å². The third-order valence-electron chi connectivity index (χ3n) is 7.78. The number of fused-ring (bicyclic) bond motifs is 4. The zero-order chi connectivity index (χ0) is 33.1. The average Bonchev–Trinajstić information content (AvgIpc) is 2.99. The van der Waals surface area contributed by atoms with Crippen LogP contribution in [0.5, 0.6) is 0 Å². The van der Waals surface area contributed by atoms with Crippen LogP contribution in [0.1, 0.15) is 64.8 Å². The SMILES string of the molecule is CC1NC(=O)C(C(C)C)OC(=O)C(C)(COC(F)(F)F)C=Cc2ccc3ccc(nc3c2)C(C)NC(=O)C2CCCN(N2)C1=O. The van der Waals surface area contributed by atoms with E-state index < -0.39 is 66.3 Å². The summed E-state index contributed by atoms with van der Waals surface area (Å²) in [5, 5.41) is 7.52. The molecule has 14 heteroatoms. The van der Waals surface area contributed by atoms with E-state index in [1.165, 1.54) is 31.0 Å². The van der Waals surface area contributed by atoms with Crippen molar-refractivity contribution in [2.75, 3.05) is 13.2 Å². The Morgan fingerprint density at radius 2 is 1.76 bits per heavy atom. The van der Waals surface area contributed by atoms with Crippen molar-refractivity contribution in [3.63, 3.8) is 0 Å². The van der Waals surface area contributed by atoms with Gasteiger partial charge in [0.2, 0.25) is 5.91 Å². The van der Waals surface area contributed by atoms with E-state index in [2.05, 4.69) is 25.8 Å². The number of cyclic esters (lactones) is 1. The Bertz CT molecular complexity index is 1480. The molecular weight excluding hydrogens is 595 g/mol. The fraction of sp³-hybridized carbons (Fsp3) is 0.516. The van der Waals surface area contributed by atoms with Crippen LogP contribution in [0, 0.1) is 11.3 Å². The molecule has 1 fully saturated rings. The number of pyridine rings is 1. The Balaban J connectivity index is 1.75. The second-order valence-electron chi connectivity index (χ2n) is 12.0. The van der Waals surface area contributed by atoms with Crippen LogP contribution in [0.25, 0.3) is 17.0 Å². The molecule has 3 heterocycles. The summed E-state index contributed by atoms with van der Waals surface area (Å²) in [6.45, 7) is 6.81. The number of carbonyl (C=O) groups is 4. The van der Waals surface area contributed by atoms with E-state index in [1.54, 1.807) is 45.0 Å². The Kier molecular flexibility index (Phi) is 10.2. The number of alkyl halides is 3. The number of halogens is 3. The van der Waals surface area contributed by atoms with Crippen LogP contribution in [0.2, 0.25) is 0 Å². The van der Waals surface area contributed by atoms with E-state index in [0.29, 0.717) is 36.2 Å². The molecule has 0 saturated carbocycles. The summed E-state index contributed by atoms with van der Waals surface area (Å²) in [5.74, 6) is -3.37. The Hall–Kier alpha value is -4.04. The number of esters is 1. The normalized spacial score (nSPS) is 27.4. The summed E-state index contributed by atoms with van der Waals surface area (Å²) in [4.78, 5) is 57.8. The highest BCUT2D eigenvalue weighted by Gasteiger charge is 2.42. The summed E-state index contributed by atoms with van der Waals surface area (Å²) in [6.07, 6.45) is -2.77. The lowest BCUT2D eigenvalue weighted by Crippen LogP contribution is -2.61. The van der Waals surface area contributed by atoms with Gasteiger partial charge in [-0.3, -0.25) is 33.9 Å². The van der Waals surface area contributed by atoms with Crippen molar-refractivity contribution < 1.29 is 41.8 Å². The number of hydrazine groups is 1. The number of ether oxygens (including phenoxy) is 2. The maximum absolute atomic E-state index is 13.5. The number of nitrogens with zero attached hydrogens (tertiary/aromatic N) is 2. The highest BCUT2D eigenvalue weighted by Crippen LogP contribution is 2.29. The average molecular weight is 634 g/mol. The molecule has 5 atom stereocenters. The summed E-state index contributed by atoms with van der Waals surface area (Å²) >= 11 is 0. The van der Waals surface area contributed by atoms with Crippen LogP contribution in [-0.4, -0.2) is 71.4 Å². The van der Waals surface area contributed by atoms with Gasteiger partial charge in [-0.1, -0.05) is 44.2 Å². The number of nitrogens with one attached hydrogen (secondary N) is 3. The Morgan fingerprint density at radius 1 is 1.07 bits per heavy atom. The first-order valence-corrected chi connectivity index (χ1v) is 14.8. The van der Waals surface area contributed by atoms with Crippen molar-refractivity contribution in [2.45, 2.75) is 78.1 Å². The van der Waals surface area contributed by atoms with Gasteiger partial charge in [0.25, 0.3) is 11.8 Å². The summed E-state index contributed by atoms with van der Waals surface area (Å²) in [6, 6.07) is 6.50. The second-order valence-corrected chi connectivity index (χ2v) is 12.0. The molecule has 3 amide bonds. The highest BCUT2D eigenvalue weighted by atomic mass is 19.4. The van der Waals surface area contributed by atoms with E-state index in [1.807, 2.05) is 6.07 Å². The van der Waals surface area contributed by atoms with Gasteiger partial charge in [0.1, 0.15) is 17.5 Å². The van der Waals surface area contributed by atoms with Crippen molar-refractivity contribution in [2.24, 2.45) is 11.3 Å². The zero-order valence-electron chi connectivity index (χ0n) is 25.7. The van der Waals surface area contributed by atoms with Crippen molar-refractivity contribution in [3.8, 4) is 0 Å². The van der Waals surface area contributed by atoms with Gasteiger partial charge >= 0.3 is 12.3 Å². The van der Waals surface area contributed by atoms with E-state index in [9.17, 15) is 32.3 Å². The van der Waals surface area contributed by atoms with Crippen LogP contribution >= 0.6 is 0 Å². The van der Waals surface area contributed by atoms with Crippen LogP contribution < -0.4 is 16.1 Å². The third kappa shape index (κ3) is 8.37. The van der Waals surface area contributed by atoms with Crippen LogP contribution in [-0.2, 0) is 28.7 Å². The molecule has 244 valence electrons. The molecule has 45 heavy (non-hydrogen) atoms. The molecule has 1 saturated heterocycles. The number of amides is 3. The van der Waals surface area contributed by atoms with Gasteiger partial charge in [-0.15, -0.1) is 13.2 Å². The standard InChI is InChI=1S/C31H38F3N5O6/c1-17(2)25-27(41)36-19(4)28(42)39-14-6-7-23(38-39)26(40)35-18(3)22-11-10-21-9-8-20(15-24(21)37-22)12-13-30(5,29(43)45-25)16-44-31(32,33)34/h8-13,15,17-19,23,25,38H,6-7,14,16H2,1-5H3,(H,35,40)(H,36,41). The lowest BCUT2D eigenvalue weighted by molar-refractivity contribution is -0.330. The van der Waals surface area contributed by atoms with E-state index in [-0.39, 0.29) is 5.91 Å². The first-order chi connectivity index (χ1) is 21.1. The maximum Gasteiger partial charge on any atom is 0.522 e. The fourth-order valence-corrected chi connectivity index (χ4v) is 5.04. The van der Waals surface area contributed by atoms with Crippen molar-refractivity contribution >= 4 is 40.7 Å². The van der Waals surface area contributed by atoms with E-state index in [4.69, 9.17) is 4.74 Å².